The highest BCUT2D eigenvalue weighted by molar-refractivity contribution is 5.85. The van der Waals surface area contributed by atoms with Gasteiger partial charge in [-0.25, -0.2) is 9.50 Å². The molecule has 2 aromatic heterocycles. The fourth-order valence-corrected chi connectivity index (χ4v) is 3.25. The molecule has 1 N–H and O–H groups in total. The zero-order valence-electron chi connectivity index (χ0n) is 11.9. The first-order valence-corrected chi connectivity index (χ1v) is 7.24. The molecule has 0 spiro atoms. The molecule has 0 saturated carbocycles. The van der Waals surface area contributed by atoms with Crippen molar-refractivity contribution in [1.82, 2.24) is 19.9 Å². The third-order valence-electron chi connectivity index (χ3n) is 4.22. The zero-order chi connectivity index (χ0) is 12.7. The molecular weight excluding hydrogens is 309 g/mol. The summed E-state index contributed by atoms with van der Waals surface area (Å²) in [5.41, 5.74) is 3.97. The molecule has 3 heterocycles. The van der Waals surface area contributed by atoms with E-state index in [0.29, 0.717) is 0 Å². The Balaban J connectivity index is 0.000000807. The van der Waals surface area contributed by atoms with E-state index in [1.165, 1.54) is 29.6 Å². The van der Waals surface area contributed by atoms with E-state index in [2.05, 4.69) is 15.2 Å². The van der Waals surface area contributed by atoms with Crippen LogP contribution in [0.1, 0.15) is 24.1 Å². The summed E-state index contributed by atoms with van der Waals surface area (Å²) in [6, 6.07) is 0. The van der Waals surface area contributed by atoms with Crippen LogP contribution in [0.15, 0.2) is 12.4 Å². The number of nitrogens with zero attached hydrogens (tertiary/aromatic N) is 4. The van der Waals surface area contributed by atoms with E-state index in [9.17, 15) is 0 Å². The van der Waals surface area contributed by atoms with Crippen molar-refractivity contribution in [2.75, 3.05) is 31.1 Å². The highest BCUT2D eigenvalue weighted by Gasteiger charge is 2.22. The van der Waals surface area contributed by atoms with Crippen LogP contribution in [0.25, 0.3) is 5.52 Å². The molecule has 1 fully saturated rings. The van der Waals surface area contributed by atoms with Gasteiger partial charge in [0, 0.05) is 44.1 Å². The molecular formula is C14H21Cl2N5. The Morgan fingerprint density at radius 2 is 1.81 bits per heavy atom. The Labute approximate surface area is 136 Å². The summed E-state index contributed by atoms with van der Waals surface area (Å²) < 4.78 is 2.04. The summed E-state index contributed by atoms with van der Waals surface area (Å²) in [4.78, 5) is 7.04. The van der Waals surface area contributed by atoms with E-state index >= 15 is 0 Å². The smallest absolute Gasteiger partial charge is 0.155 e. The van der Waals surface area contributed by atoms with Crippen molar-refractivity contribution >= 4 is 36.1 Å². The SMILES string of the molecule is Cl.Cl.c1cn2nc3c(c2c(N2CCNCC2)n1)CCCC3. The Morgan fingerprint density at radius 1 is 1.05 bits per heavy atom. The molecule has 1 saturated heterocycles. The predicted molar refractivity (Wildman–Crippen MR) is 89.2 cm³/mol. The van der Waals surface area contributed by atoms with Crippen molar-refractivity contribution < 1.29 is 0 Å². The number of piperazine rings is 1. The van der Waals surface area contributed by atoms with Crippen molar-refractivity contribution in [3.05, 3.63) is 23.7 Å². The summed E-state index contributed by atoms with van der Waals surface area (Å²) in [6.45, 7) is 4.15. The van der Waals surface area contributed by atoms with Crippen LogP contribution in [-0.2, 0) is 12.8 Å². The Hall–Kier alpha value is -1.04. The summed E-state index contributed by atoms with van der Waals surface area (Å²) >= 11 is 0. The second-order valence-electron chi connectivity index (χ2n) is 5.41. The minimum atomic E-state index is 0. The molecule has 5 nitrogen and oxygen atoms in total. The third-order valence-corrected chi connectivity index (χ3v) is 4.22. The number of fused-ring (bicyclic) bond motifs is 3. The number of aromatic nitrogens is 3. The summed E-state index contributed by atoms with van der Waals surface area (Å²) in [6.07, 6.45) is 8.70. The van der Waals surface area contributed by atoms with Gasteiger partial charge in [-0.3, -0.25) is 0 Å². The molecule has 0 unspecified atom stereocenters. The van der Waals surface area contributed by atoms with E-state index < -0.39 is 0 Å². The van der Waals surface area contributed by atoms with Crippen LogP contribution in [0.4, 0.5) is 5.82 Å². The second kappa shape index (κ2) is 6.81. The zero-order valence-corrected chi connectivity index (χ0v) is 13.5. The average molecular weight is 330 g/mol. The summed E-state index contributed by atoms with van der Waals surface area (Å²) in [5.74, 6) is 1.12. The van der Waals surface area contributed by atoms with Gasteiger partial charge in [-0.15, -0.1) is 24.8 Å². The lowest BCUT2D eigenvalue weighted by Crippen LogP contribution is -2.44. The van der Waals surface area contributed by atoms with E-state index in [0.717, 1.165) is 44.8 Å². The average Bonchev–Trinajstić information content (AvgIpc) is 2.86. The monoisotopic (exact) mass is 329 g/mol. The van der Waals surface area contributed by atoms with Crippen molar-refractivity contribution in [1.29, 1.82) is 0 Å². The molecule has 0 bridgehead atoms. The van der Waals surface area contributed by atoms with Crippen LogP contribution in [-0.4, -0.2) is 40.8 Å². The first-order chi connectivity index (χ1) is 9.43. The third kappa shape index (κ3) is 2.82. The predicted octanol–water partition coefficient (Wildman–Crippen LogP) is 1.86. The molecule has 0 amide bonds. The quantitative estimate of drug-likeness (QED) is 0.867. The highest BCUT2D eigenvalue weighted by Crippen LogP contribution is 2.30. The maximum absolute atomic E-state index is 4.74. The maximum Gasteiger partial charge on any atom is 0.155 e. The van der Waals surface area contributed by atoms with Gasteiger partial charge >= 0.3 is 0 Å². The van der Waals surface area contributed by atoms with Gasteiger partial charge in [0.15, 0.2) is 5.82 Å². The minimum absolute atomic E-state index is 0. The number of anilines is 1. The lowest BCUT2D eigenvalue weighted by atomic mass is 9.97. The van der Waals surface area contributed by atoms with Crippen LogP contribution < -0.4 is 10.2 Å². The van der Waals surface area contributed by atoms with Gasteiger partial charge < -0.3 is 10.2 Å². The number of rotatable bonds is 1. The van der Waals surface area contributed by atoms with Gasteiger partial charge in [-0.1, -0.05) is 0 Å². The van der Waals surface area contributed by atoms with E-state index in [4.69, 9.17) is 5.10 Å². The lowest BCUT2D eigenvalue weighted by Gasteiger charge is -2.29. The lowest BCUT2D eigenvalue weighted by molar-refractivity contribution is 0.585. The Morgan fingerprint density at radius 3 is 2.62 bits per heavy atom. The fraction of sp³-hybridized carbons (Fsp3) is 0.571. The highest BCUT2D eigenvalue weighted by atomic mass is 35.5. The van der Waals surface area contributed by atoms with Gasteiger partial charge in [0.05, 0.1) is 5.69 Å². The van der Waals surface area contributed by atoms with Gasteiger partial charge in [-0.2, -0.15) is 5.10 Å². The standard InChI is InChI=1S/C14H19N5.2ClH/c1-2-4-12-11(3-1)13-14(16-7-10-19(13)17-12)18-8-5-15-6-9-18;;/h7,10,15H,1-6,8-9H2;2*1H. The minimum Gasteiger partial charge on any atom is -0.352 e. The van der Waals surface area contributed by atoms with Gasteiger partial charge in [0.2, 0.25) is 0 Å². The van der Waals surface area contributed by atoms with Crippen LogP contribution >= 0.6 is 24.8 Å². The molecule has 21 heavy (non-hydrogen) atoms. The van der Waals surface area contributed by atoms with Crippen LogP contribution in [0.2, 0.25) is 0 Å². The normalized spacial score (nSPS) is 17.8. The topological polar surface area (TPSA) is 45.5 Å². The molecule has 0 radical (unpaired) electrons. The van der Waals surface area contributed by atoms with Crippen LogP contribution in [0.5, 0.6) is 0 Å². The Kier molecular flexibility index (Phi) is 5.30. The van der Waals surface area contributed by atoms with E-state index in [-0.39, 0.29) is 24.8 Å². The molecule has 1 aliphatic heterocycles. The number of hydrogen-bond donors (Lipinski definition) is 1. The van der Waals surface area contributed by atoms with Crippen molar-refractivity contribution in [3.8, 4) is 0 Å². The Bertz CT molecular complexity index is 607. The van der Waals surface area contributed by atoms with Gasteiger partial charge in [-0.05, 0) is 25.7 Å². The molecule has 7 heteroatoms. The summed E-state index contributed by atoms with van der Waals surface area (Å²) in [5, 5.41) is 8.14. The molecule has 4 rings (SSSR count). The van der Waals surface area contributed by atoms with E-state index in [1.807, 2.05) is 16.9 Å². The molecule has 2 aliphatic rings. The number of hydrogen-bond acceptors (Lipinski definition) is 4. The first-order valence-electron chi connectivity index (χ1n) is 7.24. The second-order valence-corrected chi connectivity index (χ2v) is 5.41. The largest absolute Gasteiger partial charge is 0.352 e. The van der Waals surface area contributed by atoms with Crippen LogP contribution in [0.3, 0.4) is 0 Å². The van der Waals surface area contributed by atoms with E-state index in [1.54, 1.807) is 0 Å². The number of nitrogens with one attached hydrogen (secondary N) is 1. The molecule has 116 valence electrons. The van der Waals surface area contributed by atoms with Crippen molar-refractivity contribution in [3.63, 3.8) is 0 Å². The first kappa shape index (κ1) is 16.3. The number of aryl methyl sites for hydroxylation is 2. The van der Waals surface area contributed by atoms with Gasteiger partial charge in [0.25, 0.3) is 0 Å². The molecule has 0 atom stereocenters. The summed E-state index contributed by atoms with van der Waals surface area (Å²) in [7, 11) is 0. The molecule has 0 aromatic carbocycles. The van der Waals surface area contributed by atoms with Crippen molar-refractivity contribution in [2.45, 2.75) is 25.7 Å². The number of halogens is 2. The molecule has 2 aromatic rings. The molecule has 1 aliphatic carbocycles. The maximum atomic E-state index is 4.74. The van der Waals surface area contributed by atoms with Gasteiger partial charge in [0.1, 0.15) is 5.52 Å². The van der Waals surface area contributed by atoms with Crippen LogP contribution in [0, 0.1) is 0 Å². The van der Waals surface area contributed by atoms with Crippen molar-refractivity contribution in [2.24, 2.45) is 0 Å². The fourth-order valence-electron chi connectivity index (χ4n) is 3.25.